The molecule has 16 heavy (non-hydrogen) atoms. The van der Waals surface area contributed by atoms with Gasteiger partial charge in [-0.2, -0.15) is 0 Å². The molecule has 92 valence electrons. The molecule has 2 unspecified atom stereocenters. The first-order valence-electron chi connectivity index (χ1n) is 6.33. The van der Waals surface area contributed by atoms with Crippen LogP contribution in [-0.4, -0.2) is 48.7 Å². The van der Waals surface area contributed by atoms with E-state index in [4.69, 9.17) is 4.74 Å². The van der Waals surface area contributed by atoms with Gasteiger partial charge in [0.25, 0.3) is 0 Å². The maximum absolute atomic E-state index is 12.1. The van der Waals surface area contributed by atoms with E-state index in [-0.39, 0.29) is 5.91 Å². The van der Waals surface area contributed by atoms with Crippen molar-refractivity contribution >= 4 is 5.91 Å². The molecule has 1 aliphatic heterocycles. The molecule has 4 nitrogen and oxygen atoms in total. The molecule has 1 saturated heterocycles. The van der Waals surface area contributed by atoms with E-state index >= 15 is 0 Å². The Labute approximate surface area is 97.3 Å². The molecule has 1 aliphatic carbocycles. The second-order valence-corrected chi connectivity index (χ2v) is 5.03. The minimum absolute atomic E-state index is 0.230. The van der Waals surface area contributed by atoms with Gasteiger partial charge < -0.3 is 15.0 Å². The largest absolute Gasteiger partial charge is 0.374 e. The molecule has 0 aromatic carbocycles. The van der Waals surface area contributed by atoms with Crippen molar-refractivity contribution in [2.24, 2.45) is 0 Å². The Morgan fingerprint density at radius 2 is 2.31 bits per heavy atom. The third-order valence-corrected chi connectivity index (χ3v) is 3.46. The van der Waals surface area contributed by atoms with Gasteiger partial charge in [0.15, 0.2) is 0 Å². The Kier molecular flexibility index (Phi) is 3.82. The van der Waals surface area contributed by atoms with Crippen molar-refractivity contribution in [1.29, 1.82) is 0 Å². The fourth-order valence-electron chi connectivity index (χ4n) is 2.63. The number of fused-ring (bicyclic) bond motifs is 1. The second-order valence-electron chi connectivity index (χ2n) is 5.03. The number of nitrogens with zero attached hydrogens (tertiary/aromatic N) is 1. The summed E-state index contributed by atoms with van der Waals surface area (Å²) in [5.41, 5.74) is 0. The van der Waals surface area contributed by atoms with Crippen molar-refractivity contribution in [1.82, 2.24) is 10.2 Å². The third-order valence-electron chi connectivity index (χ3n) is 3.46. The van der Waals surface area contributed by atoms with E-state index in [0.29, 0.717) is 31.3 Å². The molecule has 1 saturated carbocycles. The van der Waals surface area contributed by atoms with Crippen LogP contribution in [0.2, 0.25) is 0 Å². The summed E-state index contributed by atoms with van der Waals surface area (Å²) in [7, 11) is 0. The first-order valence-corrected chi connectivity index (χ1v) is 6.33. The SMILES string of the molecule is CC(C)NCC(=O)N1CCOC2CCCC21. The van der Waals surface area contributed by atoms with E-state index in [2.05, 4.69) is 19.2 Å². The van der Waals surface area contributed by atoms with Gasteiger partial charge in [0.2, 0.25) is 5.91 Å². The summed E-state index contributed by atoms with van der Waals surface area (Å²) in [5.74, 6) is 0.230. The summed E-state index contributed by atoms with van der Waals surface area (Å²) in [5, 5.41) is 3.19. The summed E-state index contributed by atoms with van der Waals surface area (Å²) in [6.07, 6.45) is 3.72. The van der Waals surface area contributed by atoms with Crippen molar-refractivity contribution in [2.75, 3.05) is 19.7 Å². The number of amides is 1. The number of carbonyl (C=O) groups is 1. The standard InChI is InChI=1S/C12H22N2O2/c1-9(2)13-8-12(15)14-6-7-16-11-5-3-4-10(11)14/h9-11,13H,3-8H2,1-2H3. The van der Waals surface area contributed by atoms with Gasteiger partial charge in [-0.3, -0.25) is 4.79 Å². The molecule has 1 heterocycles. The Hall–Kier alpha value is -0.610. The monoisotopic (exact) mass is 226 g/mol. The molecule has 0 aromatic rings. The van der Waals surface area contributed by atoms with Gasteiger partial charge in [0.05, 0.1) is 25.3 Å². The van der Waals surface area contributed by atoms with Crippen LogP contribution in [-0.2, 0) is 9.53 Å². The first kappa shape index (κ1) is 11.9. The van der Waals surface area contributed by atoms with Crippen LogP contribution in [0.1, 0.15) is 33.1 Å². The topological polar surface area (TPSA) is 41.6 Å². The van der Waals surface area contributed by atoms with Gasteiger partial charge >= 0.3 is 0 Å². The van der Waals surface area contributed by atoms with Crippen molar-refractivity contribution in [3.8, 4) is 0 Å². The van der Waals surface area contributed by atoms with E-state index in [1.54, 1.807) is 0 Å². The Bertz CT molecular complexity index is 255. The highest BCUT2D eigenvalue weighted by Gasteiger charge is 2.37. The lowest BCUT2D eigenvalue weighted by molar-refractivity contribution is -0.143. The molecular weight excluding hydrogens is 204 g/mol. The molecular formula is C12H22N2O2. The maximum Gasteiger partial charge on any atom is 0.236 e. The molecule has 0 bridgehead atoms. The third kappa shape index (κ3) is 2.55. The minimum atomic E-state index is 0.230. The van der Waals surface area contributed by atoms with Crippen molar-refractivity contribution < 1.29 is 9.53 Å². The summed E-state index contributed by atoms with van der Waals surface area (Å²) >= 11 is 0. The Morgan fingerprint density at radius 1 is 1.50 bits per heavy atom. The fraction of sp³-hybridized carbons (Fsp3) is 0.917. The van der Waals surface area contributed by atoms with Crippen LogP contribution in [0, 0.1) is 0 Å². The highest BCUT2D eigenvalue weighted by Crippen LogP contribution is 2.29. The number of morpholine rings is 1. The van der Waals surface area contributed by atoms with Crippen molar-refractivity contribution in [2.45, 2.75) is 51.3 Å². The van der Waals surface area contributed by atoms with Gasteiger partial charge in [-0.1, -0.05) is 13.8 Å². The molecule has 1 amide bonds. The molecule has 2 rings (SSSR count). The van der Waals surface area contributed by atoms with Crippen LogP contribution in [0.3, 0.4) is 0 Å². The molecule has 2 atom stereocenters. The molecule has 1 N–H and O–H groups in total. The highest BCUT2D eigenvalue weighted by molar-refractivity contribution is 5.78. The smallest absolute Gasteiger partial charge is 0.236 e. The van der Waals surface area contributed by atoms with E-state index in [0.717, 1.165) is 19.4 Å². The van der Waals surface area contributed by atoms with E-state index in [9.17, 15) is 4.79 Å². The number of carbonyl (C=O) groups excluding carboxylic acids is 1. The number of nitrogens with one attached hydrogen (secondary N) is 1. The van der Waals surface area contributed by atoms with Gasteiger partial charge in [-0.05, 0) is 19.3 Å². The predicted octanol–water partition coefficient (Wildman–Crippen LogP) is 0.764. The zero-order valence-corrected chi connectivity index (χ0v) is 10.2. The van der Waals surface area contributed by atoms with Gasteiger partial charge in [-0.15, -0.1) is 0 Å². The lowest BCUT2D eigenvalue weighted by atomic mass is 10.1. The molecule has 2 aliphatic rings. The number of rotatable bonds is 3. The lowest BCUT2D eigenvalue weighted by Crippen LogP contribution is -2.53. The Morgan fingerprint density at radius 3 is 3.06 bits per heavy atom. The quantitative estimate of drug-likeness (QED) is 0.772. The highest BCUT2D eigenvalue weighted by atomic mass is 16.5. The summed E-state index contributed by atoms with van der Waals surface area (Å²) in [6, 6.07) is 0.708. The zero-order valence-electron chi connectivity index (χ0n) is 10.2. The van der Waals surface area contributed by atoms with Gasteiger partial charge in [0, 0.05) is 12.6 Å². The van der Waals surface area contributed by atoms with Crippen LogP contribution in [0.15, 0.2) is 0 Å². The van der Waals surface area contributed by atoms with Crippen LogP contribution in [0.5, 0.6) is 0 Å². The zero-order chi connectivity index (χ0) is 11.5. The van der Waals surface area contributed by atoms with Crippen LogP contribution >= 0.6 is 0 Å². The predicted molar refractivity (Wildman–Crippen MR) is 62.2 cm³/mol. The van der Waals surface area contributed by atoms with Crippen molar-refractivity contribution in [3.05, 3.63) is 0 Å². The second kappa shape index (κ2) is 5.15. The number of ether oxygens (including phenoxy) is 1. The molecule has 4 heteroatoms. The van der Waals surface area contributed by atoms with Gasteiger partial charge in [-0.25, -0.2) is 0 Å². The van der Waals surface area contributed by atoms with E-state index in [1.165, 1.54) is 6.42 Å². The van der Waals surface area contributed by atoms with Crippen molar-refractivity contribution in [3.63, 3.8) is 0 Å². The van der Waals surface area contributed by atoms with E-state index in [1.807, 2.05) is 4.90 Å². The maximum atomic E-state index is 12.1. The summed E-state index contributed by atoms with van der Waals surface area (Å²) in [6.45, 7) is 6.05. The summed E-state index contributed by atoms with van der Waals surface area (Å²) < 4.78 is 5.69. The average molecular weight is 226 g/mol. The van der Waals surface area contributed by atoms with E-state index < -0.39 is 0 Å². The normalized spacial score (nSPS) is 29.6. The Balaban J connectivity index is 1.89. The fourth-order valence-corrected chi connectivity index (χ4v) is 2.63. The van der Waals surface area contributed by atoms with Crippen LogP contribution < -0.4 is 5.32 Å². The number of hydrogen-bond donors (Lipinski definition) is 1. The molecule has 0 aromatic heterocycles. The molecule has 2 fully saturated rings. The molecule has 0 radical (unpaired) electrons. The average Bonchev–Trinajstić information content (AvgIpc) is 2.73. The minimum Gasteiger partial charge on any atom is -0.374 e. The van der Waals surface area contributed by atoms with Gasteiger partial charge in [0.1, 0.15) is 0 Å². The van der Waals surface area contributed by atoms with Crippen LogP contribution in [0.4, 0.5) is 0 Å². The number of hydrogen-bond acceptors (Lipinski definition) is 3. The first-order chi connectivity index (χ1) is 7.68. The summed E-state index contributed by atoms with van der Waals surface area (Å²) in [4.78, 5) is 14.1. The molecule has 0 spiro atoms. The lowest BCUT2D eigenvalue weighted by Gasteiger charge is -2.37. The van der Waals surface area contributed by atoms with Crippen LogP contribution in [0.25, 0.3) is 0 Å².